The minimum absolute atomic E-state index is 0.0386. The molecule has 2 N–H and O–H groups in total. The van der Waals surface area contributed by atoms with Gasteiger partial charge in [-0.1, -0.05) is 32.1 Å². The van der Waals surface area contributed by atoms with Gasteiger partial charge in [0.1, 0.15) is 0 Å². The van der Waals surface area contributed by atoms with Crippen LogP contribution in [0.5, 0.6) is 0 Å². The number of ether oxygens (including phenoxy) is 1. The SMILES string of the molecule is COCCC(=O)NCCNC(=O)CCC1CCCCC1. The summed E-state index contributed by atoms with van der Waals surface area (Å²) in [5.41, 5.74) is 0. The highest BCUT2D eigenvalue weighted by Crippen LogP contribution is 2.27. The van der Waals surface area contributed by atoms with Crippen molar-refractivity contribution in [3.05, 3.63) is 0 Å². The zero-order valence-electron chi connectivity index (χ0n) is 12.6. The van der Waals surface area contributed by atoms with E-state index < -0.39 is 0 Å². The van der Waals surface area contributed by atoms with Crippen molar-refractivity contribution in [1.29, 1.82) is 0 Å². The third kappa shape index (κ3) is 8.15. The Kier molecular flexibility index (Phi) is 9.04. The van der Waals surface area contributed by atoms with E-state index >= 15 is 0 Å². The van der Waals surface area contributed by atoms with Gasteiger partial charge in [-0.15, -0.1) is 0 Å². The Hall–Kier alpha value is -1.10. The molecule has 0 aromatic heterocycles. The second-order valence-electron chi connectivity index (χ2n) is 5.49. The molecule has 1 aliphatic carbocycles. The lowest BCUT2D eigenvalue weighted by Crippen LogP contribution is -2.35. The Bertz CT molecular complexity index is 289. The number of carbonyl (C=O) groups excluding carboxylic acids is 2. The molecule has 0 unspecified atom stereocenters. The molecule has 0 aromatic rings. The average Bonchev–Trinajstić information content (AvgIpc) is 2.48. The van der Waals surface area contributed by atoms with Gasteiger partial charge in [0.25, 0.3) is 0 Å². The number of amides is 2. The summed E-state index contributed by atoms with van der Waals surface area (Å²) in [7, 11) is 1.57. The first kappa shape index (κ1) is 17.0. The topological polar surface area (TPSA) is 67.4 Å². The van der Waals surface area contributed by atoms with Gasteiger partial charge in [-0.25, -0.2) is 0 Å². The van der Waals surface area contributed by atoms with E-state index in [2.05, 4.69) is 10.6 Å². The summed E-state index contributed by atoms with van der Waals surface area (Å²) < 4.78 is 4.82. The van der Waals surface area contributed by atoms with Gasteiger partial charge in [-0.05, 0) is 12.3 Å². The van der Waals surface area contributed by atoms with Crippen LogP contribution in [-0.4, -0.2) is 38.6 Å². The molecule has 1 fully saturated rings. The third-order valence-electron chi connectivity index (χ3n) is 3.81. The van der Waals surface area contributed by atoms with Crippen molar-refractivity contribution in [2.24, 2.45) is 5.92 Å². The average molecular weight is 284 g/mol. The molecule has 0 bridgehead atoms. The Morgan fingerprint density at radius 2 is 1.60 bits per heavy atom. The zero-order valence-corrected chi connectivity index (χ0v) is 12.6. The molecule has 0 heterocycles. The minimum atomic E-state index is -0.0386. The number of methoxy groups -OCH3 is 1. The molecule has 0 saturated heterocycles. The summed E-state index contributed by atoms with van der Waals surface area (Å²) in [5.74, 6) is 0.799. The van der Waals surface area contributed by atoms with Gasteiger partial charge in [0.2, 0.25) is 11.8 Å². The quantitative estimate of drug-likeness (QED) is 0.632. The van der Waals surface area contributed by atoms with E-state index in [1.165, 1.54) is 32.1 Å². The van der Waals surface area contributed by atoms with Crippen molar-refractivity contribution >= 4 is 11.8 Å². The van der Waals surface area contributed by atoms with Crippen molar-refractivity contribution in [2.45, 2.75) is 51.4 Å². The highest BCUT2D eigenvalue weighted by molar-refractivity contribution is 5.77. The number of nitrogens with one attached hydrogen (secondary N) is 2. The lowest BCUT2D eigenvalue weighted by molar-refractivity contribution is -0.123. The van der Waals surface area contributed by atoms with Crippen LogP contribution in [0.1, 0.15) is 51.4 Å². The van der Waals surface area contributed by atoms with E-state index in [0.717, 1.165) is 12.3 Å². The van der Waals surface area contributed by atoms with E-state index in [1.54, 1.807) is 7.11 Å². The summed E-state index contributed by atoms with van der Waals surface area (Å²) in [6, 6.07) is 0. The van der Waals surface area contributed by atoms with Crippen LogP contribution >= 0.6 is 0 Å². The highest BCUT2D eigenvalue weighted by Gasteiger charge is 2.14. The molecule has 1 rings (SSSR count). The third-order valence-corrected chi connectivity index (χ3v) is 3.81. The van der Waals surface area contributed by atoms with Crippen LogP contribution in [0, 0.1) is 5.92 Å². The summed E-state index contributed by atoms with van der Waals surface area (Å²) in [6.07, 6.45) is 8.54. The molecule has 116 valence electrons. The predicted octanol–water partition coefficient (Wildman–Crippen LogP) is 1.62. The standard InChI is InChI=1S/C15H28N2O3/c1-20-12-9-15(19)17-11-10-16-14(18)8-7-13-5-3-2-4-6-13/h13H,2-12H2,1H3,(H,16,18)(H,17,19). The van der Waals surface area contributed by atoms with Crippen molar-refractivity contribution in [3.63, 3.8) is 0 Å². The van der Waals surface area contributed by atoms with Gasteiger partial charge in [0.05, 0.1) is 6.61 Å². The van der Waals surface area contributed by atoms with Gasteiger partial charge in [-0.2, -0.15) is 0 Å². The molecule has 5 heteroatoms. The smallest absolute Gasteiger partial charge is 0.222 e. The summed E-state index contributed by atoms with van der Waals surface area (Å²) in [5, 5.41) is 5.59. The fourth-order valence-corrected chi connectivity index (χ4v) is 2.59. The molecule has 2 amide bonds. The summed E-state index contributed by atoms with van der Waals surface area (Å²) in [6.45, 7) is 1.42. The van der Waals surface area contributed by atoms with Crippen molar-refractivity contribution in [3.8, 4) is 0 Å². The largest absolute Gasteiger partial charge is 0.384 e. The van der Waals surface area contributed by atoms with Crippen LogP contribution in [0.15, 0.2) is 0 Å². The number of hydrogen-bond donors (Lipinski definition) is 2. The van der Waals surface area contributed by atoms with Gasteiger partial charge >= 0.3 is 0 Å². The predicted molar refractivity (Wildman–Crippen MR) is 78.3 cm³/mol. The highest BCUT2D eigenvalue weighted by atomic mass is 16.5. The number of hydrogen-bond acceptors (Lipinski definition) is 3. The fraction of sp³-hybridized carbons (Fsp3) is 0.867. The molecule has 0 spiro atoms. The Morgan fingerprint density at radius 3 is 2.20 bits per heavy atom. The first-order chi connectivity index (χ1) is 9.72. The molecular formula is C15H28N2O3. The lowest BCUT2D eigenvalue weighted by Gasteiger charge is -2.20. The summed E-state index contributed by atoms with van der Waals surface area (Å²) >= 11 is 0. The van der Waals surface area contributed by atoms with Gasteiger partial charge in [0.15, 0.2) is 0 Å². The fourth-order valence-electron chi connectivity index (χ4n) is 2.59. The van der Waals surface area contributed by atoms with Crippen LogP contribution in [-0.2, 0) is 14.3 Å². The van der Waals surface area contributed by atoms with E-state index in [-0.39, 0.29) is 11.8 Å². The molecule has 20 heavy (non-hydrogen) atoms. The van der Waals surface area contributed by atoms with Gasteiger partial charge in [0, 0.05) is 33.0 Å². The monoisotopic (exact) mass is 284 g/mol. The summed E-state index contributed by atoms with van der Waals surface area (Å²) in [4.78, 5) is 22.9. The Morgan fingerprint density at radius 1 is 1.00 bits per heavy atom. The van der Waals surface area contributed by atoms with Crippen LogP contribution < -0.4 is 10.6 Å². The maximum atomic E-state index is 11.7. The first-order valence-corrected chi connectivity index (χ1v) is 7.74. The van der Waals surface area contributed by atoms with Crippen LogP contribution in [0.25, 0.3) is 0 Å². The first-order valence-electron chi connectivity index (χ1n) is 7.74. The molecule has 0 radical (unpaired) electrons. The number of rotatable bonds is 9. The lowest BCUT2D eigenvalue weighted by atomic mass is 9.86. The normalized spacial score (nSPS) is 15.8. The Balaban J connectivity index is 1.95. The van der Waals surface area contributed by atoms with Crippen LogP contribution in [0.2, 0.25) is 0 Å². The minimum Gasteiger partial charge on any atom is -0.384 e. The maximum Gasteiger partial charge on any atom is 0.222 e. The maximum absolute atomic E-state index is 11.7. The van der Waals surface area contributed by atoms with Crippen molar-refractivity contribution in [2.75, 3.05) is 26.8 Å². The Labute approximate surface area is 121 Å². The van der Waals surface area contributed by atoms with E-state index in [1.807, 2.05) is 0 Å². The zero-order chi connectivity index (χ0) is 14.6. The van der Waals surface area contributed by atoms with Gasteiger partial charge in [-0.3, -0.25) is 9.59 Å². The van der Waals surface area contributed by atoms with E-state index in [9.17, 15) is 9.59 Å². The molecule has 1 aliphatic rings. The number of carbonyl (C=O) groups is 2. The molecule has 0 aromatic carbocycles. The van der Waals surface area contributed by atoms with Crippen molar-refractivity contribution in [1.82, 2.24) is 10.6 Å². The van der Waals surface area contributed by atoms with Gasteiger partial charge < -0.3 is 15.4 Å². The van der Waals surface area contributed by atoms with Crippen LogP contribution in [0.4, 0.5) is 0 Å². The van der Waals surface area contributed by atoms with E-state index in [0.29, 0.717) is 32.5 Å². The van der Waals surface area contributed by atoms with Crippen molar-refractivity contribution < 1.29 is 14.3 Å². The molecule has 5 nitrogen and oxygen atoms in total. The molecular weight excluding hydrogens is 256 g/mol. The second kappa shape index (κ2) is 10.7. The molecule has 0 atom stereocenters. The van der Waals surface area contributed by atoms with E-state index in [4.69, 9.17) is 4.74 Å². The van der Waals surface area contributed by atoms with Crippen LogP contribution in [0.3, 0.4) is 0 Å². The molecule has 1 saturated carbocycles. The molecule has 0 aliphatic heterocycles. The second-order valence-corrected chi connectivity index (χ2v) is 5.49.